The van der Waals surface area contributed by atoms with E-state index in [1.54, 1.807) is 15.6 Å². The number of carbonyl (C=O) groups excluding carboxylic acids is 1. The van der Waals surface area contributed by atoms with Crippen LogP contribution in [0.2, 0.25) is 0 Å². The van der Waals surface area contributed by atoms with Crippen LogP contribution in [0, 0.1) is 0 Å². The highest BCUT2D eigenvalue weighted by Gasteiger charge is 2.36. The summed E-state index contributed by atoms with van der Waals surface area (Å²) in [5, 5.41) is 11.7. The van der Waals surface area contributed by atoms with Crippen LogP contribution in [-0.4, -0.2) is 30.3 Å². The summed E-state index contributed by atoms with van der Waals surface area (Å²) in [6.07, 6.45) is 7.58. The van der Waals surface area contributed by atoms with Gasteiger partial charge in [0.2, 0.25) is 5.95 Å². The van der Waals surface area contributed by atoms with E-state index in [0.717, 1.165) is 29.7 Å². The van der Waals surface area contributed by atoms with E-state index < -0.39 is 0 Å². The maximum atomic E-state index is 12.4. The molecule has 1 aliphatic heterocycles. The fourth-order valence-electron chi connectivity index (χ4n) is 2.99. The minimum absolute atomic E-state index is 0.189. The van der Waals surface area contributed by atoms with Crippen LogP contribution in [-0.2, 0) is 11.8 Å². The summed E-state index contributed by atoms with van der Waals surface area (Å²) in [6, 6.07) is -0.217. The van der Waals surface area contributed by atoms with Gasteiger partial charge < -0.3 is 5.32 Å². The van der Waals surface area contributed by atoms with Crippen molar-refractivity contribution >= 4 is 11.7 Å². The van der Waals surface area contributed by atoms with Gasteiger partial charge in [-0.05, 0) is 12.8 Å². The van der Waals surface area contributed by atoms with Crippen molar-refractivity contribution < 1.29 is 4.79 Å². The number of allylic oxidation sites excluding steroid dienone is 2. The van der Waals surface area contributed by atoms with Crippen LogP contribution in [0.4, 0.5) is 5.95 Å². The summed E-state index contributed by atoms with van der Waals surface area (Å²) >= 11 is 0. The number of anilines is 1. The largest absolute Gasteiger partial charge is 0.328 e. The van der Waals surface area contributed by atoms with Crippen molar-refractivity contribution in [3.63, 3.8) is 0 Å². The summed E-state index contributed by atoms with van der Waals surface area (Å²) in [7, 11) is 1.87. The molecule has 2 aromatic rings. The van der Waals surface area contributed by atoms with Gasteiger partial charge in [-0.2, -0.15) is 15.2 Å². The van der Waals surface area contributed by atoms with Crippen molar-refractivity contribution in [2.24, 2.45) is 7.05 Å². The predicted octanol–water partition coefficient (Wildman–Crippen LogP) is 1.03. The average Bonchev–Trinajstić information content (AvgIpc) is 3.05. The van der Waals surface area contributed by atoms with E-state index in [4.69, 9.17) is 0 Å². The highest BCUT2D eigenvalue weighted by Crippen LogP contribution is 2.39. The van der Waals surface area contributed by atoms with Crippen LogP contribution in [0.3, 0.4) is 0 Å². The molecule has 102 valence electrons. The van der Waals surface area contributed by atoms with E-state index in [0.29, 0.717) is 12.4 Å². The second kappa shape index (κ2) is 4.03. The molecule has 1 atom stereocenters. The van der Waals surface area contributed by atoms with Gasteiger partial charge in [0.25, 0.3) is 0 Å². The number of nitrogens with zero attached hydrogens (tertiary/aromatic N) is 5. The number of aromatic nitrogens is 5. The molecule has 2 aromatic heterocycles. The van der Waals surface area contributed by atoms with Gasteiger partial charge in [-0.15, -0.1) is 0 Å². The fraction of sp³-hybridized carbons (Fsp3) is 0.385. The Labute approximate surface area is 115 Å². The van der Waals surface area contributed by atoms with Crippen LogP contribution >= 0.6 is 0 Å². The molecule has 20 heavy (non-hydrogen) atoms. The number of hydrogen-bond acceptors (Lipinski definition) is 5. The molecule has 1 unspecified atom stereocenters. The number of aryl methyl sites for hydroxylation is 1. The van der Waals surface area contributed by atoms with Crippen LogP contribution in [0.5, 0.6) is 0 Å². The molecule has 0 saturated heterocycles. The van der Waals surface area contributed by atoms with Gasteiger partial charge in [0.05, 0.1) is 6.20 Å². The predicted molar refractivity (Wildman–Crippen MR) is 70.9 cm³/mol. The van der Waals surface area contributed by atoms with Crippen molar-refractivity contribution in [2.75, 3.05) is 5.32 Å². The Hall–Kier alpha value is -2.44. The van der Waals surface area contributed by atoms with E-state index in [-0.39, 0.29) is 11.8 Å². The minimum Gasteiger partial charge on any atom is -0.328 e. The summed E-state index contributed by atoms with van der Waals surface area (Å²) in [5.74, 6) is 0.876. The SMILES string of the molecule is Cn1cc(C2C3=C(CCCC3=O)Nc3ncnn32)cn1. The van der Waals surface area contributed by atoms with Crippen LogP contribution in [0.1, 0.15) is 30.9 Å². The summed E-state index contributed by atoms with van der Waals surface area (Å²) in [5.41, 5.74) is 2.75. The fourth-order valence-corrected chi connectivity index (χ4v) is 2.99. The minimum atomic E-state index is -0.217. The van der Waals surface area contributed by atoms with E-state index in [1.165, 1.54) is 6.33 Å². The van der Waals surface area contributed by atoms with E-state index >= 15 is 0 Å². The van der Waals surface area contributed by atoms with Crippen LogP contribution in [0.15, 0.2) is 30.0 Å². The van der Waals surface area contributed by atoms with Gasteiger partial charge in [-0.1, -0.05) is 0 Å². The number of carbonyl (C=O) groups is 1. The lowest BCUT2D eigenvalue weighted by molar-refractivity contribution is -0.116. The van der Waals surface area contributed by atoms with Crippen molar-refractivity contribution in [1.82, 2.24) is 24.5 Å². The topological polar surface area (TPSA) is 77.6 Å². The molecule has 0 saturated carbocycles. The maximum absolute atomic E-state index is 12.4. The third-order valence-electron chi connectivity index (χ3n) is 3.85. The third-order valence-corrected chi connectivity index (χ3v) is 3.85. The number of rotatable bonds is 1. The second-order valence-electron chi connectivity index (χ2n) is 5.17. The van der Waals surface area contributed by atoms with Gasteiger partial charge >= 0.3 is 0 Å². The van der Waals surface area contributed by atoms with E-state index in [1.807, 2.05) is 13.2 Å². The quantitative estimate of drug-likeness (QED) is 0.837. The number of Topliss-reactive ketones (excluding diaryl/α,β-unsaturated/α-hetero) is 1. The first-order chi connectivity index (χ1) is 9.74. The lowest BCUT2D eigenvalue weighted by Gasteiger charge is -2.31. The second-order valence-corrected chi connectivity index (χ2v) is 5.17. The first kappa shape index (κ1) is 11.4. The first-order valence-corrected chi connectivity index (χ1v) is 6.65. The number of nitrogens with one attached hydrogen (secondary N) is 1. The Morgan fingerprint density at radius 1 is 1.35 bits per heavy atom. The molecule has 0 aromatic carbocycles. The van der Waals surface area contributed by atoms with Crippen molar-refractivity contribution in [3.05, 3.63) is 35.6 Å². The number of hydrogen-bond donors (Lipinski definition) is 1. The van der Waals surface area contributed by atoms with Crippen LogP contribution < -0.4 is 5.32 Å². The highest BCUT2D eigenvalue weighted by molar-refractivity contribution is 5.99. The van der Waals surface area contributed by atoms with Gasteiger partial charge in [0, 0.05) is 36.5 Å². The van der Waals surface area contributed by atoms with Gasteiger partial charge in [-0.25, -0.2) is 4.68 Å². The van der Waals surface area contributed by atoms with Crippen LogP contribution in [0.25, 0.3) is 0 Å². The zero-order chi connectivity index (χ0) is 13.7. The highest BCUT2D eigenvalue weighted by atomic mass is 16.1. The standard InChI is InChI=1S/C13H14N6O/c1-18-6-8(5-15-18)12-11-9(3-2-4-10(11)20)17-13-14-7-16-19(12)13/h5-7,12H,2-4H2,1H3,(H,14,16,17). The Kier molecular flexibility index (Phi) is 2.29. The molecular formula is C13H14N6O. The molecule has 0 radical (unpaired) electrons. The third kappa shape index (κ3) is 1.52. The first-order valence-electron chi connectivity index (χ1n) is 6.65. The van der Waals surface area contributed by atoms with E-state index in [9.17, 15) is 4.79 Å². The van der Waals surface area contributed by atoms with Crippen molar-refractivity contribution in [3.8, 4) is 0 Å². The Morgan fingerprint density at radius 3 is 3.05 bits per heavy atom. The normalized spacial score (nSPS) is 21.4. The van der Waals surface area contributed by atoms with Gasteiger partial charge in [0.15, 0.2) is 5.78 Å². The smallest absolute Gasteiger partial charge is 0.226 e. The maximum Gasteiger partial charge on any atom is 0.226 e. The molecule has 0 fully saturated rings. The van der Waals surface area contributed by atoms with Gasteiger partial charge in [0.1, 0.15) is 12.4 Å². The monoisotopic (exact) mass is 270 g/mol. The summed E-state index contributed by atoms with van der Waals surface area (Å²) < 4.78 is 3.50. The Morgan fingerprint density at radius 2 is 2.25 bits per heavy atom. The molecular weight excluding hydrogens is 256 g/mol. The Bertz CT molecular complexity index is 725. The lowest BCUT2D eigenvalue weighted by Crippen LogP contribution is -2.31. The molecule has 0 spiro atoms. The zero-order valence-corrected chi connectivity index (χ0v) is 11.1. The molecule has 0 bridgehead atoms. The van der Waals surface area contributed by atoms with Gasteiger partial charge in [-0.3, -0.25) is 9.48 Å². The molecule has 2 aliphatic rings. The van der Waals surface area contributed by atoms with Crippen molar-refractivity contribution in [1.29, 1.82) is 0 Å². The Balaban J connectivity index is 1.92. The molecule has 7 heteroatoms. The van der Waals surface area contributed by atoms with Crippen molar-refractivity contribution in [2.45, 2.75) is 25.3 Å². The molecule has 0 amide bonds. The molecule has 7 nitrogen and oxygen atoms in total. The molecule has 1 N–H and O–H groups in total. The summed E-state index contributed by atoms with van der Waals surface area (Å²) in [4.78, 5) is 16.6. The lowest BCUT2D eigenvalue weighted by atomic mass is 9.86. The summed E-state index contributed by atoms with van der Waals surface area (Å²) in [6.45, 7) is 0. The molecule has 1 aliphatic carbocycles. The number of ketones is 1. The number of fused-ring (bicyclic) bond motifs is 1. The molecule has 4 rings (SSSR count). The van der Waals surface area contributed by atoms with E-state index in [2.05, 4.69) is 20.5 Å². The molecule has 3 heterocycles. The average molecular weight is 270 g/mol. The zero-order valence-electron chi connectivity index (χ0n) is 11.1.